The topological polar surface area (TPSA) is 149 Å². The average molecular weight is 918 g/mol. The molecule has 0 aromatic rings. The van der Waals surface area contributed by atoms with Crippen LogP contribution >= 0.6 is 0 Å². The minimum absolute atomic E-state index is 0.140. The van der Waals surface area contributed by atoms with Gasteiger partial charge in [-0.3, -0.25) is 4.79 Å². The number of aliphatic hydroxyl groups is 5. The molecule has 9 heteroatoms. The third-order valence-corrected chi connectivity index (χ3v) is 12.9. The van der Waals surface area contributed by atoms with Gasteiger partial charge in [0.2, 0.25) is 5.91 Å². The lowest BCUT2D eigenvalue weighted by molar-refractivity contribution is -0.302. The van der Waals surface area contributed by atoms with Gasteiger partial charge in [-0.05, 0) is 51.4 Å². The van der Waals surface area contributed by atoms with Crippen LogP contribution in [0.4, 0.5) is 0 Å². The van der Waals surface area contributed by atoms with E-state index in [0.29, 0.717) is 12.8 Å². The van der Waals surface area contributed by atoms with Crippen LogP contribution in [0.1, 0.15) is 245 Å². The lowest BCUT2D eigenvalue weighted by Crippen LogP contribution is -2.60. The number of hydrogen-bond acceptors (Lipinski definition) is 8. The van der Waals surface area contributed by atoms with Gasteiger partial charge in [-0.25, -0.2) is 0 Å². The lowest BCUT2D eigenvalue weighted by atomic mass is 9.99. The van der Waals surface area contributed by atoms with Gasteiger partial charge in [-0.2, -0.15) is 0 Å². The molecule has 1 amide bonds. The molecule has 1 aliphatic heterocycles. The van der Waals surface area contributed by atoms with Crippen molar-refractivity contribution in [2.75, 3.05) is 13.2 Å². The van der Waals surface area contributed by atoms with Crippen LogP contribution in [0, 0.1) is 0 Å². The number of nitrogens with one attached hydrogen (secondary N) is 1. The SMILES string of the molecule is CC/C=C\C/C=C\C/C=C\C/C=C\CCCCCCCCCCCCCCCCCCCCCCCCCCCCC(=O)NC(COC1OC(CO)C(O)C(O)C1O)C(O)CCCCC. The molecule has 1 rings (SSSR count). The van der Waals surface area contributed by atoms with Crippen LogP contribution in [0.25, 0.3) is 0 Å². The number of rotatable bonds is 46. The third kappa shape index (κ3) is 35.9. The van der Waals surface area contributed by atoms with Crippen LogP contribution in [-0.4, -0.2) is 87.5 Å². The van der Waals surface area contributed by atoms with Crippen molar-refractivity contribution in [3.63, 3.8) is 0 Å². The summed E-state index contributed by atoms with van der Waals surface area (Å²) in [6.07, 6.45) is 54.2. The second kappa shape index (κ2) is 45.9. The van der Waals surface area contributed by atoms with Crippen molar-refractivity contribution in [2.24, 2.45) is 0 Å². The van der Waals surface area contributed by atoms with Crippen molar-refractivity contribution in [1.29, 1.82) is 0 Å². The van der Waals surface area contributed by atoms with E-state index in [1.807, 2.05) is 0 Å². The largest absolute Gasteiger partial charge is 0.394 e. The van der Waals surface area contributed by atoms with E-state index < -0.39 is 49.5 Å². The van der Waals surface area contributed by atoms with Crippen molar-refractivity contribution < 1.29 is 39.8 Å². The second-order valence-electron chi connectivity index (χ2n) is 19.0. The highest BCUT2D eigenvalue weighted by Crippen LogP contribution is 2.23. The molecule has 0 aromatic carbocycles. The number of hydrogen-bond donors (Lipinski definition) is 6. The Kier molecular flexibility index (Phi) is 43.2. The molecule has 7 atom stereocenters. The Morgan fingerprint density at radius 1 is 0.538 bits per heavy atom. The molecule has 380 valence electrons. The fourth-order valence-electron chi connectivity index (χ4n) is 8.62. The molecule has 0 aliphatic carbocycles. The first-order valence-corrected chi connectivity index (χ1v) is 27.3. The first-order chi connectivity index (χ1) is 31.8. The lowest BCUT2D eigenvalue weighted by Gasteiger charge is -2.40. The van der Waals surface area contributed by atoms with Gasteiger partial charge >= 0.3 is 0 Å². The molecule has 1 saturated heterocycles. The monoisotopic (exact) mass is 918 g/mol. The molecule has 7 unspecified atom stereocenters. The molecule has 0 saturated carbocycles. The van der Waals surface area contributed by atoms with E-state index in [1.165, 1.54) is 154 Å². The molecular weight excluding hydrogens is 815 g/mol. The smallest absolute Gasteiger partial charge is 0.220 e. The Bertz CT molecular complexity index is 1160. The zero-order valence-electron chi connectivity index (χ0n) is 42.0. The number of unbranched alkanes of at least 4 members (excludes halogenated alkanes) is 28. The molecule has 9 nitrogen and oxygen atoms in total. The highest BCUT2D eigenvalue weighted by molar-refractivity contribution is 5.76. The van der Waals surface area contributed by atoms with Gasteiger partial charge in [0.05, 0.1) is 25.4 Å². The summed E-state index contributed by atoms with van der Waals surface area (Å²) in [6, 6.07) is -0.712. The molecule has 65 heavy (non-hydrogen) atoms. The molecule has 6 N–H and O–H groups in total. The quantitative estimate of drug-likeness (QED) is 0.0261. The third-order valence-electron chi connectivity index (χ3n) is 12.9. The molecule has 0 spiro atoms. The zero-order valence-corrected chi connectivity index (χ0v) is 42.0. The Morgan fingerprint density at radius 2 is 0.954 bits per heavy atom. The Morgan fingerprint density at radius 3 is 1.38 bits per heavy atom. The van der Waals surface area contributed by atoms with Crippen LogP contribution in [-0.2, 0) is 14.3 Å². The summed E-state index contributed by atoms with van der Waals surface area (Å²) < 4.78 is 11.1. The maximum atomic E-state index is 12.8. The van der Waals surface area contributed by atoms with E-state index in [2.05, 4.69) is 67.8 Å². The van der Waals surface area contributed by atoms with E-state index >= 15 is 0 Å². The second-order valence-corrected chi connectivity index (χ2v) is 19.0. The van der Waals surface area contributed by atoms with Gasteiger partial charge in [-0.15, -0.1) is 0 Å². The molecular formula is C56H103NO8. The van der Waals surface area contributed by atoms with Crippen molar-refractivity contribution in [3.05, 3.63) is 48.6 Å². The van der Waals surface area contributed by atoms with Gasteiger partial charge in [0.25, 0.3) is 0 Å². The number of aliphatic hydroxyl groups excluding tert-OH is 5. The Balaban J connectivity index is 1.89. The van der Waals surface area contributed by atoms with Gasteiger partial charge in [0.15, 0.2) is 6.29 Å². The van der Waals surface area contributed by atoms with Crippen molar-refractivity contribution >= 4 is 5.91 Å². The van der Waals surface area contributed by atoms with Gasteiger partial charge in [0, 0.05) is 6.42 Å². The van der Waals surface area contributed by atoms with Crippen molar-refractivity contribution in [1.82, 2.24) is 5.32 Å². The molecule has 0 aromatic heterocycles. The van der Waals surface area contributed by atoms with Gasteiger partial charge in [-0.1, -0.05) is 236 Å². The fraction of sp³-hybridized carbons (Fsp3) is 0.839. The number of carbonyl (C=O) groups excluding carboxylic acids is 1. The summed E-state index contributed by atoms with van der Waals surface area (Å²) in [6.45, 7) is 3.56. The first kappa shape index (κ1) is 61.2. The van der Waals surface area contributed by atoms with Crippen LogP contribution in [0.2, 0.25) is 0 Å². The summed E-state index contributed by atoms with van der Waals surface area (Å²) in [5, 5.41) is 53.7. The van der Waals surface area contributed by atoms with Gasteiger partial charge < -0.3 is 40.3 Å². The molecule has 1 aliphatic rings. The minimum Gasteiger partial charge on any atom is -0.394 e. The normalized spacial score (nSPS) is 20.3. The zero-order chi connectivity index (χ0) is 47.3. The highest BCUT2D eigenvalue weighted by atomic mass is 16.7. The molecule has 0 radical (unpaired) electrons. The standard InChI is InChI=1S/C56H103NO8/c1-3-5-7-8-9-10-11-12-13-14-15-16-17-18-19-20-21-22-23-24-25-26-27-28-29-30-31-32-33-34-35-36-37-38-39-40-41-42-44-46-52(60)57-49(50(59)45-43-6-4-2)48-64-56-55(63)54(62)53(61)51(47-58)65-56/h5,7,9-10,12-13,15-16,49-51,53-56,58-59,61-63H,3-4,6,8,11,14,17-48H2,1-2H3,(H,57,60)/b7-5-,10-9-,13-12-,16-15-. The van der Waals surface area contributed by atoms with Crippen molar-refractivity contribution in [3.8, 4) is 0 Å². The summed E-state index contributed by atoms with van der Waals surface area (Å²) in [7, 11) is 0. The number of amides is 1. The number of ether oxygens (including phenoxy) is 2. The van der Waals surface area contributed by atoms with E-state index in [9.17, 15) is 30.3 Å². The van der Waals surface area contributed by atoms with E-state index in [0.717, 1.165) is 64.2 Å². The first-order valence-electron chi connectivity index (χ1n) is 27.3. The Hall–Kier alpha value is -1.85. The maximum absolute atomic E-state index is 12.8. The average Bonchev–Trinajstić information content (AvgIpc) is 3.30. The molecule has 1 fully saturated rings. The summed E-state index contributed by atoms with van der Waals surface area (Å²) in [5.74, 6) is -0.153. The minimum atomic E-state index is -1.55. The number of allylic oxidation sites excluding steroid dienone is 8. The fourth-order valence-corrected chi connectivity index (χ4v) is 8.62. The van der Waals surface area contributed by atoms with Crippen LogP contribution in [0.15, 0.2) is 48.6 Å². The summed E-state index contributed by atoms with van der Waals surface area (Å²) >= 11 is 0. The van der Waals surface area contributed by atoms with E-state index in [1.54, 1.807) is 0 Å². The van der Waals surface area contributed by atoms with E-state index in [-0.39, 0.29) is 12.5 Å². The molecule has 0 bridgehead atoms. The predicted octanol–water partition coefficient (Wildman–Crippen LogP) is 13.0. The van der Waals surface area contributed by atoms with Crippen LogP contribution in [0.5, 0.6) is 0 Å². The summed E-state index contributed by atoms with van der Waals surface area (Å²) in [5.41, 5.74) is 0. The molecule has 1 heterocycles. The van der Waals surface area contributed by atoms with Gasteiger partial charge in [0.1, 0.15) is 24.4 Å². The Labute approximate surface area is 399 Å². The number of carbonyl (C=O) groups is 1. The maximum Gasteiger partial charge on any atom is 0.220 e. The predicted molar refractivity (Wildman–Crippen MR) is 272 cm³/mol. The van der Waals surface area contributed by atoms with Crippen molar-refractivity contribution in [2.45, 2.75) is 288 Å². The highest BCUT2D eigenvalue weighted by Gasteiger charge is 2.44. The van der Waals surface area contributed by atoms with E-state index in [4.69, 9.17) is 9.47 Å². The van der Waals surface area contributed by atoms with Crippen LogP contribution in [0.3, 0.4) is 0 Å². The van der Waals surface area contributed by atoms with Crippen LogP contribution < -0.4 is 5.32 Å². The summed E-state index contributed by atoms with van der Waals surface area (Å²) in [4.78, 5) is 12.8.